The van der Waals surface area contributed by atoms with Crippen LogP contribution in [0.1, 0.15) is 32.1 Å². The lowest BCUT2D eigenvalue weighted by Gasteiger charge is -2.63. The molecule has 3 atom stereocenters. The lowest BCUT2D eigenvalue weighted by atomic mass is 9.50. The number of hydrogen-bond donors (Lipinski definition) is 1. The minimum Gasteiger partial charge on any atom is -0.386 e. The third-order valence-corrected chi connectivity index (χ3v) is 5.56. The van der Waals surface area contributed by atoms with Crippen molar-refractivity contribution >= 4 is 0 Å². The van der Waals surface area contributed by atoms with E-state index in [2.05, 4.69) is 21.1 Å². The van der Waals surface area contributed by atoms with E-state index in [0.717, 1.165) is 16.3 Å². The van der Waals surface area contributed by atoms with Gasteiger partial charge in [-0.15, -0.1) is 0 Å². The highest BCUT2D eigenvalue weighted by atomic mass is 16.3. The molecule has 4 fully saturated rings. The van der Waals surface area contributed by atoms with E-state index in [1.807, 2.05) is 0 Å². The Balaban J connectivity index is 2.01. The molecule has 86 valence electrons. The Labute approximate surface area is 92.9 Å². The number of likely N-dealkylation sites (N-methyl/N-ethyl adjacent to an activating group) is 1. The summed E-state index contributed by atoms with van der Waals surface area (Å²) in [6.07, 6.45) is 6.56. The van der Waals surface area contributed by atoms with Gasteiger partial charge in [-0.2, -0.15) is 0 Å². The van der Waals surface area contributed by atoms with Gasteiger partial charge in [0.2, 0.25) is 0 Å². The van der Waals surface area contributed by atoms with Crippen LogP contribution in [0.4, 0.5) is 0 Å². The molecule has 0 aliphatic heterocycles. The molecule has 4 saturated carbocycles. The van der Waals surface area contributed by atoms with Crippen LogP contribution < -0.4 is 0 Å². The maximum atomic E-state index is 10.6. The van der Waals surface area contributed by atoms with Gasteiger partial charge in [0.05, 0.1) is 21.1 Å². The number of aliphatic hydroxyl groups excluding tert-OH is 1. The first-order chi connectivity index (χ1) is 6.92. The second-order valence-corrected chi connectivity index (χ2v) is 7.17. The third kappa shape index (κ3) is 1.18. The van der Waals surface area contributed by atoms with Crippen molar-refractivity contribution in [2.24, 2.45) is 17.8 Å². The minimum absolute atomic E-state index is 0.0368. The van der Waals surface area contributed by atoms with Crippen LogP contribution in [0.2, 0.25) is 0 Å². The molecule has 0 amide bonds. The Kier molecular flexibility index (Phi) is 1.87. The van der Waals surface area contributed by atoms with Crippen LogP contribution in [0.25, 0.3) is 0 Å². The van der Waals surface area contributed by atoms with Crippen LogP contribution in [0.3, 0.4) is 0 Å². The summed E-state index contributed by atoms with van der Waals surface area (Å²) in [5.74, 6) is 2.46. The smallest absolute Gasteiger partial charge is 0.126 e. The van der Waals surface area contributed by atoms with Gasteiger partial charge in [0.1, 0.15) is 11.6 Å². The molecule has 15 heavy (non-hydrogen) atoms. The van der Waals surface area contributed by atoms with Gasteiger partial charge in [-0.1, -0.05) is 0 Å². The van der Waals surface area contributed by atoms with Crippen LogP contribution >= 0.6 is 0 Å². The molecule has 0 aromatic carbocycles. The molecular weight excluding hydrogens is 186 g/mol. The fourth-order valence-electron chi connectivity index (χ4n) is 4.92. The van der Waals surface area contributed by atoms with Crippen LogP contribution in [0.5, 0.6) is 0 Å². The van der Waals surface area contributed by atoms with Crippen LogP contribution in [0.15, 0.2) is 0 Å². The molecule has 0 heterocycles. The van der Waals surface area contributed by atoms with Crippen molar-refractivity contribution in [3.8, 4) is 0 Å². The van der Waals surface area contributed by atoms with Crippen molar-refractivity contribution in [3.63, 3.8) is 0 Å². The normalized spacial score (nSPS) is 53.6. The molecule has 3 unspecified atom stereocenters. The second-order valence-electron chi connectivity index (χ2n) is 7.17. The minimum atomic E-state index is -0.0368. The number of quaternary nitrogens is 1. The average Bonchev–Trinajstić information content (AvgIpc) is 2.10. The number of hydrogen-bond acceptors (Lipinski definition) is 1. The number of rotatable bonds is 1. The molecule has 4 aliphatic carbocycles. The van der Waals surface area contributed by atoms with Gasteiger partial charge in [0, 0.05) is 12.8 Å². The van der Waals surface area contributed by atoms with Gasteiger partial charge in [-0.05, 0) is 37.0 Å². The van der Waals surface area contributed by atoms with E-state index in [1.54, 1.807) is 0 Å². The van der Waals surface area contributed by atoms with E-state index in [9.17, 15) is 5.11 Å². The highest BCUT2D eigenvalue weighted by Crippen LogP contribution is 2.58. The van der Waals surface area contributed by atoms with E-state index in [-0.39, 0.29) is 11.6 Å². The van der Waals surface area contributed by atoms with Gasteiger partial charge in [-0.25, -0.2) is 0 Å². The topological polar surface area (TPSA) is 20.2 Å². The van der Waals surface area contributed by atoms with Gasteiger partial charge in [0.25, 0.3) is 0 Å². The molecule has 1 N–H and O–H groups in total. The average molecular weight is 210 g/mol. The Morgan fingerprint density at radius 3 is 2.00 bits per heavy atom. The zero-order valence-electron chi connectivity index (χ0n) is 10.2. The van der Waals surface area contributed by atoms with Gasteiger partial charge < -0.3 is 9.59 Å². The molecule has 2 nitrogen and oxygen atoms in total. The summed E-state index contributed by atoms with van der Waals surface area (Å²) in [7, 11) is 6.82. The van der Waals surface area contributed by atoms with E-state index in [0.29, 0.717) is 5.92 Å². The van der Waals surface area contributed by atoms with Crippen molar-refractivity contribution in [1.29, 1.82) is 0 Å². The predicted molar refractivity (Wildman–Crippen MR) is 60.3 cm³/mol. The zero-order valence-corrected chi connectivity index (χ0v) is 10.2. The number of nitrogens with zero attached hydrogens (tertiary/aromatic N) is 1. The van der Waals surface area contributed by atoms with Gasteiger partial charge >= 0.3 is 0 Å². The Morgan fingerprint density at radius 2 is 1.53 bits per heavy atom. The molecule has 0 saturated heterocycles. The first-order valence-corrected chi connectivity index (χ1v) is 6.42. The fourth-order valence-corrected chi connectivity index (χ4v) is 4.92. The first kappa shape index (κ1) is 10.1. The Morgan fingerprint density at radius 1 is 1.00 bits per heavy atom. The van der Waals surface area contributed by atoms with Crippen molar-refractivity contribution in [1.82, 2.24) is 0 Å². The molecule has 0 spiro atoms. The third-order valence-electron chi connectivity index (χ3n) is 5.56. The lowest BCUT2D eigenvalue weighted by molar-refractivity contribution is -0.934. The summed E-state index contributed by atoms with van der Waals surface area (Å²) in [5.41, 5.74) is 0.189. The predicted octanol–water partition coefficient (Wildman–Crippen LogP) is 1.63. The molecule has 0 aromatic heterocycles. The molecule has 4 rings (SSSR count). The summed E-state index contributed by atoms with van der Waals surface area (Å²) in [4.78, 5) is 0. The highest BCUT2D eigenvalue weighted by Gasteiger charge is 2.62. The quantitative estimate of drug-likeness (QED) is 0.652. The van der Waals surface area contributed by atoms with Crippen molar-refractivity contribution in [3.05, 3.63) is 0 Å². The molecule has 4 bridgehead atoms. The summed E-state index contributed by atoms with van der Waals surface area (Å²) in [6, 6.07) is 0. The van der Waals surface area contributed by atoms with Gasteiger partial charge in [0.15, 0.2) is 0 Å². The summed E-state index contributed by atoms with van der Waals surface area (Å²) < 4.78 is 0.956. The van der Waals surface area contributed by atoms with Gasteiger partial charge in [-0.3, -0.25) is 0 Å². The van der Waals surface area contributed by atoms with E-state index >= 15 is 0 Å². The summed E-state index contributed by atoms with van der Waals surface area (Å²) in [5, 5.41) is 10.6. The maximum absolute atomic E-state index is 10.6. The Bertz CT molecular complexity index is 267. The van der Waals surface area contributed by atoms with Crippen LogP contribution in [0, 0.1) is 17.8 Å². The van der Waals surface area contributed by atoms with Crippen LogP contribution in [-0.2, 0) is 0 Å². The van der Waals surface area contributed by atoms with Crippen molar-refractivity contribution in [2.75, 3.05) is 21.1 Å². The summed E-state index contributed by atoms with van der Waals surface area (Å²) in [6.45, 7) is 0. The SMILES string of the molecule is C[N+](C)(C)C12CC3CC(CC(C3)C1O)C2. The monoisotopic (exact) mass is 210 g/mol. The molecule has 0 aromatic rings. The zero-order chi connectivity index (χ0) is 10.8. The molecule has 4 aliphatic rings. The van der Waals surface area contributed by atoms with E-state index in [4.69, 9.17) is 0 Å². The number of aliphatic hydroxyl groups is 1. The van der Waals surface area contributed by atoms with Crippen LogP contribution in [-0.4, -0.2) is 42.4 Å². The first-order valence-electron chi connectivity index (χ1n) is 6.42. The fraction of sp³-hybridized carbons (Fsp3) is 1.00. The van der Waals surface area contributed by atoms with E-state index in [1.165, 1.54) is 32.1 Å². The molecular formula is C13H24NO+. The standard InChI is InChI=1S/C13H24NO/c1-14(2,3)13-7-9-4-10(8-13)6-11(5-9)12(13)15/h9-12,15H,4-8H2,1-3H3/q+1. The lowest BCUT2D eigenvalue weighted by Crippen LogP contribution is -2.72. The molecule has 2 heteroatoms. The highest BCUT2D eigenvalue weighted by molar-refractivity contribution is 5.08. The van der Waals surface area contributed by atoms with Crippen molar-refractivity contribution < 1.29 is 9.59 Å². The summed E-state index contributed by atoms with van der Waals surface area (Å²) >= 11 is 0. The largest absolute Gasteiger partial charge is 0.386 e. The second kappa shape index (κ2) is 2.78. The van der Waals surface area contributed by atoms with Crippen molar-refractivity contribution in [2.45, 2.75) is 43.7 Å². The maximum Gasteiger partial charge on any atom is 0.126 e. The molecule has 0 radical (unpaired) electrons. The van der Waals surface area contributed by atoms with E-state index < -0.39 is 0 Å². The Hall–Kier alpha value is -0.0800.